The standard InChI is InChI=1S/C25H22N4O3S2/c1-16-11-19-13-20(25(30)26-22(19)12-17(16)2)15-29(14-18-7-4-3-5-8-18)34(31,32)23-10-6-9-21-24(23)28-33-27-21/h3-13H,14-15H2,1-2H3,(H,26,30). The summed E-state index contributed by atoms with van der Waals surface area (Å²) >= 11 is 0.971. The van der Waals surface area contributed by atoms with E-state index < -0.39 is 10.0 Å². The van der Waals surface area contributed by atoms with E-state index in [0.29, 0.717) is 16.6 Å². The van der Waals surface area contributed by atoms with Gasteiger partial charge in [-0.1, -0.05) is 36.4 Å². The molecule has 0 spiro atoms. The summed E-state index contributed by atoms with van der Waals surface area (Å²) in [6.45, 7) is 4.03. The van der Waals surface area contributed by atoms with Gasteiger partial charge in [-0.15, -0.1) is 0 Å². The first-order valence-electron chi connectivity index (χ1n) is 10.7. The molecule has 172 valence electrons. The van der Waals surface area contributed by atoms with Gasteiger partial charge < -0.3 is 4.98 Å². The minimum absolute atomic E-state index is 0.0800. The lowest BCUT2D eigenvalue weighted by atomic mass is 10.0. The minimum atomic E-state index is -3.99. The van der Waals surface area contributed by atoms with Gasteiger partial charge in [0.2, 0.25) is 10.0 Å². The molecule has 34 heavy (non-hydrogen) atoms. The normalized spacial score (nSPS) is 12.1. The topological polar surface area (TPSA) is 96.0 Å². The average molecular weight is 491 g/mol. The van der Waals surface area contributed by atoms with Crippen LogP contribution in [-0.2, 0) is 23.1 Å². The zero-order valence-electron chi connectivity index (χ0n) is 18.6. The molecule has 0 aliphatic heterocycles. The van der Waals surface area contributed by atoms with Gasteiger partial charge in [-0.3, -0.25) is 4.79 Å². The number of aryl methyl sites for hydroxylation is 2. The Labute approximate surface area is 201 Å². The predicted molar refractivity (Wildman–Crippen MR) is 134 cm³/mol. The lowest BCUT2D eigenvalue weighted by molar-refractivity contribution is 0.400. The molecule has 5 rings (SSSR count). The number of rotatable bonds is 6. The van der Waals surface area contributed by atoms with E-state index in [-0.39, 0.29) is 23.5 Å². The lowest BCUT2D eigenvalue weighted by Gasteiger charge is -2.22. The molecule has 0 aliphatic carbocycles. The first-order valence-corrected chi connectivity index (χ1v) is 12.9. The molecule has 7 nitrogen and oxygen atoms in total. The number of aromatic amines is 1. The van der Waals surface area contributed by atoms with Crippen LogP contribution in [0.25, 0.3) is 21.9 Å². The number of sulfonamides is 1. The van der Waals surface area contributed by atoms with Crippen molar-refractivity contribution in [3.05, 3.63) is 99.3 Å². The van der Waals surface area contributed by atoms with E-state index in [4.69, 9.17) is 0 Å². The van der Waals surface area contributed by atoms with Gasteiger partial charge in [0.05, 0.1) is 11.7 Å². The molecule has 3 aromatic carbocycles. The third-order valence-electron chi connectivity index (χ3n) is 5.95. The second kappa shape index (κ2) is 8.75. The van der Waals surface area contributed by atoms with Crippen molar-refractivity contribution in [1.29, 1.82) is 0 Å². The minimum Gasteiger partial charge on any atom is -0.322 e. The highest BCUT2D eigenvalue weighted by atomic mass is 32.2. The first kappa shape index (κ1) is 22.4. The Kier molecular flexibility index (Phi) is 5.76. The molecule has 0 atom stereocenters. The zero-order chi connectivity index (χ0) is 23.9. The molecule has 0 bridgehead atoms. The molecule has 9 heteroatoms. The Balaban J connectivity index is 1.62. The number of benzene rings is 3. The predicted octanol–water partition coefficient (Wildman–Crippen LogP) is 4.54. The van der Waals surface area contributed by atoms with Gasteiger partial charge in [-0.05, 0) is 66.3 Å². The van der Waals surface area contributed by atoms with Crippen molar-refractivity contribution < 1.29 is 8.42 Å². The summed E-state index contributed by atoms with van der Waals surface area (Å²) in [6, 6.07) is 20.0. The number of pyridine rings is 1. The van der Waals surface area contributed by atoms with Gasteiger partial charge in [-0.25, -0.2) is 8.42 Å². The first-order chi connectivity index (χ1) is 16.3. The number of hydrogen-bond donors (Lipinski definition) is 1. The summed E-state index contributed by atoms with van der Waals surface area (Å²) in [5.74, 6) is 0. The summed E-state index contributed by atoms with van der Waals surface area (Å²) in [4.78, 5) is 16.0. The maximum Gasteiger partial charge on any atom is 0.252 e. The monoisotopic (exact) mass is 490 g/mol. The summed E-state index contributed by atoms with van der Waals surface area (Å²) in [7, 11) is -3.99. The Morgan fingerprint density at radius 3 is 2.47 bits per heavy atom. The molecule has 0 amide bonds. The molecule has 5 aromatic rings. The van der Waals surface area contributed by atoms with E-state index in [1.54, 1.807) is 18.2 Å². The SMILES string of the molecule is Cc1cc2cc(CN(Cc3ccccc3)S(=O)(=O)c3cccc4nsnc34)c(=O)[nH]c2cc1C. The van der Waals surface area contributed by atoms with Crippen LogP contribution in [0.5, 0.6) is 0 Å². The highest BCUT2D eigenvalue weighted by Crippen LogP contribution is 2.27. The summed E-state index contributed by atoms with van der Waals surface area (Å²) in [5.41, 5.74) is 4.66. The zero-order valence-corrected chi connectivity index (χ0v) is 20.3. The number of aromatic nitrogens is 3. The molecule has 2 heterocycles. The number of nitrogens with zero attached hydrogens (tertiary/aromatic N) is 3. The molecule has 0 unspecified atom stereocenters. The lowest BCUT2D eigenvalue weighted by Crippen LogP contribution is -2.32. The summed E-state index contributed by atoms with van der Waals surface area (Å²) < 4.78 is 37.5. The highest BCUT2D eigenvalue weighted by molar-refractivity contribution is 7.89. The maximum absolute atomic E-state index is 13.9. The van der Waals surface area contributed by atoms with Gasteiger partial charge >= 0.3 is 0 Å². The van der Waals surface area contributed by atoms with E-state index in [2.05, 4.69) is 13.7 Å². The molecule has 0 saturated carbocycles. The summed E-state index contributed by atoms with van der Waals surface area (Å²) in [5, 5.41) is 0.862. The number of fused-ring (bicyclic) bond motifs is 2. The second-order valence-electron chi connectivity index (χ2n) is 8.29. The van der Waals surface area contributed by atoms with Gasteiger partial charge in [0.1, 0.15) is 15.9 Å². The average Bonchev–Trinajstić information content (AvgIpc) is 3.30. The fourth-order valence-electron chi connectivity index (χ4n) is 3.97. The van der Waals surface area contributed by atoms with Crippen LogP contribution in [0.15, 0.2) is 76.4 Å². The van der Waals surface area contributed by atoms with E-state index in [0.717, 1.165) is 39.3 Å². The van der Waals surface area contributed by atoms with Gasteiger partial charge in [-0.2, -0.15) is 13.1 Å². The van der Waals surface area contributed by atoms with Crippen molar-refractivity contribution in [1.82, 2.24) is 18.0 Å². The van der Waals surface area contributed by atoms with Crippen LogP contribution in [0.1, 0.15) is 22.3 Å². The van der Waals surface area contributed by atoms with E-state index >= 15 is 0 Å². The Hall–Kier alpha value is -3.40. The smallest absolute Gasteiger partial charge is 0.252 e. The van der Waals surface area contributed by atoms with E-state index in [1.165, 1.54) is 10.4 Å². The molecule has 1 N–H and O–H groups in total. The fourth-order valence-corrected chi connectivity index (χ4v) is 6.13. The van der Waals surface area contributed by atoms with Crippen LogP contribution in [0, 0.1) is 13.8 Å². The van der Waals surface area contributed by atoms with E-state index in [9.17, 15) is 13.2 Å². The van der Waals surface area contributed by atoms with Crippen molar-refractivity contribution in [2.75, 3.05) is 0 Å². The molecule has 2 aromatic heterocycles. The van der Waals surface area contributed by atoms with Crippen LogP contribution in [0.2, 0.25) is 0 Å². The molecule has 0 radical (unpaired) electrons. The third kappa shape index (κ3) is 4.13. The van der Waals surface area contributed by atoms with Crippen molar-refractivity contribution in [3.8, 4) is 0 Å². The van der Waals surface area contributed by atoms with Crippen LogP contribution in [-0.4, -0.2) is 26.5 Å². The number of hydrogen-bond acceptors (Lipinski definition) is 6. The Bertz CT molecular complexity index is 1680. The molecule has 0 fully saturated rings. The van der Waals surface area contributed by atoms with Crippen molar-refractivity contribution >= 4 is 43.7 Å². The number of H-pyrrole nitrogens is 1. The van der Waals surface area contributed by atoms with Crippen molar-refractivity contribution in [3.63, 3.8) is 0 Å². The van der Waals surface area contributed by atoms with Gasteiger partial charge in [0.25, 0.3) is 5.56 Å². The second-order valence-corrected chi connectivity index (χ2v) is 10.7. The van der Waals surface area contributed by atoms with Gasteiger partial charge in [0, 0.05) is 24.2 Å². The van der Waals surface area contributed by atoms with Crippen LogP contribution < -0.4 is 5.56 Å². The van der Waals surface area contributed by atoms with Crippen molar-refractivity contribution in [2.45, 2.75) is 31.8 Å². The van der Waals surface area contributed by atoms with Crippen LogP contribution >= 0.6 is 11.7 Å². The quantitative estimate of drug-likeness (QED) is 0.377. The fraction of sp³-hybridized carbons (Fsp3) is 0.160. The molecule has 0 aliphatic rings. The Morgan fingerprint density at radius 1 is 0.912 bits per heavy atom. The van der Waals surface area contributed by atoms with Crippen LogP contribution in [0.3, 0.4) is 0 Å². The van der Waals surface area contributed by atoms with Gasteiger partial charge in [0.15, 0.2) is 0 Å². The Morgan fingerprint density at radius 2 is 1.68 bits per heavy atom. The maximum atomic E-state index is 13.9. The molecular weight excluding hydrogens is 468 g/mol. The van der Waals surface area contributed by atoms with E-state index in [1.807, 2.05) is 56.3 Å². The molecular formula is C25H22N4O3S2. The van der Waals surface area contributed by atoms with Crippen molar-refractivity contribution in [2.24, 2.45) is 0 Å². The number of nitrogens with one attached hydrogen (secondary N) is 1. The third-order valence-corrected chi connectivity index (χ3v) is 8.32. The highest BCUT2D eigenvalue weighted by Gasteiger charge is 2.29. The van der Waals surface area contributed by atoms with Crippen LogP contribution in [0.4, 0.5) is 0 Å². The molecule has 0 saturated heterocycles. The largest absolute Gasteiger partial charge is 0.322 e. The summed E-state index contributed by atoms with van der Waals surface area (Å²) in [6.07, 6.45) is 0.